The monoisotopic (exact) mass is 574 g/mol. The van der Waals surface area contributed by atoms with Gasteiger partial charge in [-0.1, -0.05) is 110 Å². The minimum Gasteiger partial charge on any atom is -0.393 e. The summed E-state index contributed by atoms with van der Waals surface area (Å²) in [6.07, 6.45) is 28.0. The van der Waals surface area contributed by atoms with Crippen molar-refractivity contribution >= 4 is 0 Å². The van der Waals surface area contributed by atoms with Crippen molar-refractivity contribution in [1.82, 2.24) is 0 Å². The molecule has 0 radical (unpaired) electrons. The van der Waals surface area contributed by atoms with E-state index in [9.17, 15) is 10.2 Å². The summed E-state index contributed by atoms with van der Waals surface area (Å²) in [4.78, 5) is 0. The number of aliphatic hydroxyl groups excluding tert-OH is 2. The second-order valence-corrected chi connectivity index (χ2v) is 14.6. The number of unbranched alkanes of at least 4 members (excludes halogenated alkanes) is 1. The summed E-state index contributed by atoms with van der Waals surface area (Å²) in [6, 6.07) is 0. The van der Waals surface area contributed by atoms with Gasteiger partial charge >= 0.3 is 0 Å². The predicted octanol–water partition coefficient (Wildman–Crippen LogP) is 11.2. The Bertz CT molecular complexity index is 1060. The van der Waals surface area contributed by atoms with Gasteiger partial charge in [0.25, 0.3) is 0 Å². The van der Waals surface area contributed by atoms with Crippen molar-refractivity contribution in [3.05, 3.63) is 93.2 Å². The molecule has 0 bridgehead atoms. The van der Waals surface area contributed by atoms with Gasteiger partial charge in [0, 0.05) is 0 Å². The first-order valence-electron chi connectivity index (χ1n) is 16.4. The molecular weight excluding hydrogens is 512 g/mol. The van der Waals surface area contributed by atoms with Crippen LogP contribution in [-0.4, -0.2) is 22.4 Å². The van der Waals surface area contributed by atoms with E-state index in [1.807, 2.05) is 0 Å². The zero-order valence-corrected chi connectivity index (χ0v) is 28.7. The molecule has 0 fully saturated rings. The molecule has 2 atom stereocenters. The fourth-order valence-electron chi connectivity index (χ4n) is 6.84. The summed E-state index contributed by atoms with van der Waals surface area (Å²) in [5, 5.41) is 20.2. The first kappa shape index (κ1) is 36.0. The fraction of sp³-hybridized carbons (Fsp3) is 0.600. The van der Waals surface area contributed by atoms with E-state index in [1.165, 1.54) is 44.6 Å². The van der Waals surface area contributed by atoms with Crippen molar-refractivity contribution < 1.29 is 10.2 Å². The van der Waals surface area contributed by atoms with Gasteiger partial charge < -0.3 is 10.2 Å². The number of aliphatic hydroxyl groups is 2. The van der Waals surface area contributed by atoms with Gasteiger partial charge in [-0.3, -0.25) is 0 Å². The second-order valence-electron chi connectivity index (χ2n) is 14.6. The lowest BCUT2D eigenvalue weighted by Crippen LogP contribution is -2.28. The van der Waals surface area contributed by atoms with Crippen molar-refractivity contribution in [3.63, 3.8) is 0 Å². The minimum atomic E-state index is -0.207. The van der Waals surface area contributed by atoms with E-state index >= 15 is 0 Å². The lowest BCUT2D eigenvalue weighted by molar-refractivity contribution is 0.116. The van der Waals surface area contributed by atoms with Crippen molar-refractivity contribution in [2.24, 2.45) is 10.8 Å². The maximum absolute atomic E-state index is 10.1. The van der Waals surface area contributed by atoms with Gasteiger partial charge in [0.15, 0.2) is 0 Å². The van der Waals surface area contributed by atoms with Crippen LogP contribution >= 0.6 is 0 Å². The van der Waals surface area contributed by atoms with Gasteiger partial charge in [-0.25, -0.2) is 0 Å². The van der Waals surface area contributed by atoms with Crippen LogP contribution in [0.3, 0.4) is 0 Å². The highest BCUT2D eigenvalue weighted by Crippen LogP contribution is 2.42. The number of hydrogen-bond acceptors (Lipinski definition) is 2. The van der Waals surface area contributed by atoms with Gasteiger partial charge in [-0.2, -0.15) is 0 Å². The Kier molecular flexibility index (Phi) is 14.3. The van der Waals surface area contributed by atoms with Crippen molar-refractivity contribution in [2.45, 2.75) is 146 Å². The van der Waals surface area contributed by atoms with Gasteiger partial charge in [0.1, 0.15) is 0 Å². The quantitative estimate of drug-likeness (QED) is 0.130. The molecule has 0 heterocycles. The first-order chi connectivity index (χ1) is 19.6. The van der Waals surface area contributed by atoms with E-state index < -0.39 is 0 Å². The molecule has 2 aliphatic rings. The third kappa shape index (κ3) is 12.2. The molecule has 2 heteroatoms. The van der Waals surface area contributed by atoms with Crippen molar-refractivity contribution in [1.29, 1.82) is 0 Å². The number of allylic oxidation sites excluding steroid dienone is 14. The molecule has 0 aliphatic heterocycles. The Morgan fingerprint density at radius 1 is 0.619 bits per heavy atom. The highest BCUT2D eigenvalue weighted by Gasteiger charge is 2.32. The van der Waals surface area contributed by atoms with Gasteiger partial charge in [0.2, 0.25) is 0 Å². The summed E-state index contributed by atoms with van der Waals surface area (Å²) in [5.41, 5.74) is 11.1. The van der Waals surface area contributed by atoms with Crippen LogP contribution in [0.5, 0.6) is 0 Å². The Balaban J connectivity index is 1.74. The summed E-state index contributed by atoms with van der Waals surface area (Å²) in [5.74, 6) is 0. The number of rotatable bonds is 13. The zero-order valence-electron chi connectivity index (χ0n) is 28.7. The van der Waals surface area contributed by atoms with Gasteiger partial charge in [-0.05, 0) is 128 Å². The highest BCUT2D eigenvalue weighted by atomic mass is 16.3. The second kappa shape index (κ2) is 16.6. The standard InChI is InChI=1S/C40H62O2/c1-29(17-13-19-31(3)21-23-37-33(5)25-35(41)27-39(37,7)8)15-11-12-16-30(2)18-14-20-32(4)22-24-38-34(6)26-36(42)28-40(38,9)10/h15-16,19-24,35-36,41-42H,11-14,17-18,25-28H2,1-10H3/b23-21+,24-22+,29-15-,30-16+,31-19+,32-20+/t35-,36-/m0/s1. The van der Waals surface area contributed by atoms with Crippen molar-refractivity contribution in [2.75, 3.05) is 0 Å². The molecule has 234 valence electrons. The Morgan fingerprint density at radius 2 is 0.976 bits per heavy atom. The molecule has 0 aromatic rings. The van der Waals surface area contributed by atoms with E-state index in [0.717, 1.165) is 64.2 Å². The molecular formula is C40H62O2. The molecule has 0 aromatic heterocycles. The average Bonchev–Trinajstić information content (AvgIpc) is 2.84. The molecule has 0 unspecified atom stereocenters. The van der Waals surface area contributed by atoms with Crippen LogP contribution in [0.4, 0.5) is 0 Å². The zero-order chi connectivity index (χ0) is 31.5. The van der Waals surface area contributed by atoms with E-state index in [0.29, 0.717) is 0 Å². The Morgan fingerprint density at radius 3 is 1.31 bits per heavy atom. The average molecular weight is 575 g/mol. The SMILES string of the molecule is CC1=C(/C=C/C(C)=C/CC/C(C)=C\CC/C=C(\C)CC/C=C(C)/C=C/C2=C(C)C[C@H](O)CC2(C)C)C(C)(C)C[C@@H](O)C1. The molecule has 2 nitrogen and oxygen atoms in total. The largest absolute Gasteiger partial charge is 0.393 e. The van der Waals surface area contributed by atoms with E-state index in [2.05, 4.69) is 118 Å². The van der Waals surface area contributed by atoms with Crippen LogP contribution in [0.25, 0.3) is 0 Å². The van der Waals surface area contributed by atoms with E-state index in [4.69, 9.17) is 0 Å². The minimum absolute atomic E-state index is 0.0353. The molecule has 0 amide bonds. The lowest BCUT2D eigenvalue weighted by atomic mass is 9.71. The van der Waals surface area contributed by atoms with E-state index in [-0.39, 0.29) is 23.0 Å². The highest BCUT2D eigenvalue weighted by molar-refractivity contribution is 5.37. The van der Waals surface area contributed by atoms with Gasteiger partial charge in [0.05, 0.1) is 12.2 Å². The molecule has 2 rings (SSSR count). The van der Waals surface area contributed by atoms with E-state index in [1.54, 1.807) is 0 Å². The fourth-order valence-corrected chi connectivity index (χ4v) is 6.84. The summed E-state index contributed by atoms with van der Waals surface area (Å²) in [7, 11) is 0. The molecule has 42 heavy (non-hydrogen) atoms. The van der Waals surface area contributed by atoms with Crippen LogP contribution in [0.1, 0.15) is 133 Å². The summed E-state index contributed by atoms with van der Waals surface area (Å²) < 4.78 is 0. The summed E-state index contributed by atoms with van der Waals surface area (Å²) in [6.45, 7) is 22.2. The first-order valence-corrected chi connectivity index (χ1v) is 16.4. The Hall–Kier alpha value is -2.16. The third-order valence-corrected chi connectivity index (χ3v) is 9.14. The maximum atomic E-state index is 10.1. The Labute approximate surface area is 259 Å². The normalized spacial score (nSPS) is 24.5. The molecule has 0 spiro atoms. The molecule has 0 saturated heterocycles. The van der Waals surface area contributed by atoms with Gasteiger partial charge in [-0.15, -0.1) is 0 Å². The smallest absolute Gasteiger partial charge is 0.0585 e. The van der Waals surface area contributed by atoms with Crippen LogP contribution in [-0.2, 0) is 0 Å². The summed E-state index contributed by atoms with van der Waals surface area (Å²) >= 11 is 0. The maximum Gasteiger partial charge on any atom is 0.0585 e. The predicted molar refractivity (Wildman–Crippen MR) is 184 cm³/mol. The van der Waals surface area contributed by atoms with Crippen LogP contribution in [0, 0.1) is 10.8 Å². The van der Waals surface area contributed by atoms with Crippen molar-refractivity contribution in [3.8, 4) is 0 Å². The lowest BCUT2D eigenvalue weighted by Gasteiger charge is -2.35. The molecule has 2 N–H and O–H groups in total. The third-order valence-electron chi connectivity index (χ3n) is 9.14. The molecule has 0 saturated carbocycles. The van der Waals surface area contributed by atoms with Crippen LogP contribution in [0.2, 0.25) is 0 Å². The van der Waals surface area contributed by atoms with Crippen LogP contribution < -0.4 is 0 Å². The molecule has 2 aliphatic carbocycles. The number of hydrogen-bond donors (Lipinski definition) is 2. The topological polar surface area (TPSA) is 40.5 Å². The molecule has 0 aromatic carbocycles. The van der Waals surface area contributed by atoms with Crippen LogP contribution in [0.15, 0.2) is 93.2 Å².